The summed E-state index contributed by atoms with van der Waals surface area (Å²) in [6.45, 7) is 0. The molecule has 0 bridgehead atoms. The summed E-state index contributed by atoms with van der Waals surface area (Å²) in [5.74, 6) is 0.557. The lowest BCUT2D eigenvalue weighted by Crippen LogP contribution is -2.13. The molecular weight excluding hydrogens is 248 g/mol. The van der Waals surface area contributed by atoms with Crippen LogP contribution >= 0.6 is 0 Å². The molecule has 3 aromatic rings. The number of aryl methyl sites for hydroxylation is 1. The van der Waals surface area contributed by atoms with E-state index in [9.17, 15) is 0 Å². The van der Waals surface area contributed by atoms with E-state index in [2.05, 4.69) is 44.2 Å². The Kier molecular flexibility index (Phi) is 2.73. The summed E-state index contributed by atoms with van der Waals surface area (Å²) >= 11 is 0. The van der Waals surface area contributed by atoms with Gasteiger partial charge in [-0.1, -0.05) is 24.3 Å². The lowest BCUT2D eigenvalue weighted by molar-refractivity contribution is 0.546. The molecule has 4 heteroatoms. The van der Waals surface area contributed by atoms with Gasteiger partial charge < -0.3 is 4.98 Å². The van der Waals surface area contributed by atoms with E-state index < -0.39 is 0 Å². The molecule has 0 amide bonds. The Hall–Kier alpha value is -2.23. The lowest BCUT2D eigenvalue weighted by Gasteiger charge is -2.25. The number of nitrogens with zero attached hydrogens (tertiary/aromatic N) is 3. The number of benzene rings is 1. The standard InChI is InChI=1S/C16H16N4/c1-2-7-13-11(4-1)5-3-6-12(13)8-14-15-16(19-9-17-14)20-10-18-15/h1-2,4,7,9-10,12H,3,5-6,8H2,(H,17,18,19,20). The van der Waals surface area contributed by atoms with Crippen LogP contribution in [0.3, 0.4) is 0 Å². The van der Waals surface area contributed by atoms with Crippen LogP contribution in [0.2, 0.25) is 0 Å². The van der Waals surface area contributed by atoms with E-state index in [1.807, 2.05) is 0 Å². The first-order chi connectivity index (χ1) is 9.92. The highest BCUT2D eigenvalue weighted by molar-refractivity contribution is 5.72. The number of rotatable bonds is 2. The highest BCUT2D eigenvalue weighted by atomic mass is 15.0. The van der Waals surface area contributed by atoms with E-state index in [0.717, 1.165) is 23.3 Å². The lowest BCUT2D eigenvalue weighted by atomic mass is 9.80. The number of imidazole rings is 1. The minimum atomic E-state index is 0.557. The van der Waals surface area contributed by atoms with Crippen LogP contribution in [0.5, 0.6) is 0 Å². The van der Waals surface area contributed by atoms with Crippen molar-refractivity contribution in [3.05, 3.63) is 53.7 Å². The Labute approximate surface area is 117 Å². The number of hydrogen-bond acceptors (Lipinski definition) is 3. The SMILES string of the molecule is c1ccc2c(c1)CCCC2Cc1ncnc2nc[nH]c12. The third-order valence-electron chi connectivity index (χ3n) is 4.23. The normalized spacial score (nSPS) is 18.1. The van der Waals surface area contributed by atoms with E-state index in [4.69, 9.17) is 0 Å². The van der Waals surface area contributed by atoms with Gasteiger partial charge in [0.1, 0.15) is 11.8 Å². The van der Waals surface area contributed by atoms with Crippen molar-refractivity contribution in [2.24, 2.45) is 0 Å². The van der Waals surface area contributed by atoms with Gasteiger partial charge in [-0.3, -0.25) is 0 Å². The minimum absolute atomic E-state index is 0.557. The van der Waals surface area contributed by atoms with Gasteiger partial charge in [-0.2, -0.15) is 0 Å². The van der Waals surface area contributed by atoms with Crippen LogP contribution in [0.1, 0.15) is 35.6 Å². The van der Waals surface area contributed by atoms with Gasteiger partial charge in [0.25, 0.3) is 0 Å². The molecule has 0 spiro atoms. The van der Waals surface area contributed by atoms with Gasteiger partial charge in [-0.25, -0.2) is 15.0 Å². The van der Waals surface area contributed by atoms with E-state index in [1.165, 1.54) is 30.4 Å². The average molecular weight is 264 g/mol. The van der Waals surface area contributed by atoms with Gasteiger partial charge in [0.15, 0.2) is 5.65 Å². The molecule has 0 saturated heterocycles. The van der Waals surface area contributed by atoms with Crippen LogP contribution in [-0.4, -0.2) is 19.9 Å². The summed E-state index contributed by atoms with van der Waals surface area (Å²) in [6.07, 6.45) is 7.97. The van der Waals surface area contributed by atoms with Gasteiger partial charge in [0, 0.05) is 0 Å². The van der Waals surface area contributed by atoms with Crippen molar-refractivity contribution in [2.45, 2.75) is 31.6 Å². The molecule has 4 rings (SSSR count). The number of nitrogens with one attached hydrogen (secondary N) is 1. The van der Waals surface area contributed by atoms with Gasteiger partial charge in [0.2, 0.25) is 0 Å². The highest BCUT2D eigenvalue weighted by Gasteiger charge is 2.21. The van der Waals surface area contributed by atoms with Crippen molar-refractivity contribution < 1.29 is 0 Å². The molecule has 0 fully saturated rings. The molecular formula is C16H16N4. The van der Waals surface area contributed by atoms with E-state index in [0.29, 0.717) is 5.92 Å². The van der Waals surface area contributed by atoms with E-state index >= 15 is 0 Å². The average Bonchev–Trinajstić information content (AvgIpc) is 2.97. The fourth-order valence-electron chi connectivity index (χ4n) is 3.27. The number of fused-ring (bicyclic) bond motifs is 2. The molecule has 1 aliphatic rings. The molecule has 1 unspecified atom stereocenters. The number of aromatic amines is 1. The molecule has 0 saturated carbocycles. The number of aromatic nitrogens is 4. The van der Waals surface area contributed by atoms with E-state index in [-0.39, 0.29) is 0 Å². The zero-order valence-corrected chi connectivity index (χ0v) is 11.2. The van der Waals surface area contributed by atoms with Crippen LogP contribution < -0.4 is 0 Å². The molecule has 0 aliphatic heterocycles. The summed E-state index contributed by atoms with van der Waals surface area (Å²) in [4.78, 5) is 16.0. The number of H-pyrrole nitrogens is 1. The van der Waals surface area contributed by atoms with E-state index in [1.54, 1.807) is 12.7 Å². The van der Waals surface area contributed by atoms with Crippen molar-refractivity contribution in [2.75, 3.05) is 0 Å². The van der Waals surface area contributed by atoms with Crippen LogP contribution in [0.25, 0.3) is 11.2 Å². The van der Waals surface area contributed by atoms with Crippen molar-refractivity contribution >= 4 is 11.2 Å². The smallest absolute Gasteiger partial charge is 0.180 e. The van der Waals surface area contributed by atoms with Gasteiger partial charge in [-0.15, -0.1) is 0 Å². The molecule has 100 valence electrons. The summed E-state index contributed by atoms with van der Waals surface area (Å²) in [5, 5.41) is 0. The first-order valence-corrected chi connectivity index (χ1v) is 7.12. The zero-order valence-electron chi connectivity index (χ0n) is 11.2. The second kappa shape index (κ2) is 4.71. The Morgan fingerprint density at radius 3 is 3.10 bits per heavy atom. The summed E-state index contributed by atoms with van der Waals surface area (Å²) in [6, 6.07) is 8.81. The fraction of sp³-hybridized carbons (Fsp3) is 0.312. The van der Waals surface area contributed by atoms with Crippen molar-refractivity contribution in [3.63, 3.8) is 0 Å². The maximum absolute atomic E-state index is 4.46. The van der Waals surface area contributed by atoms with Crippen LogP contribution in [0.4, 0.5) is 0 Å². The Bertz CT molecular complexity index is 747. The highest BCUT2D eigenvalue weighted by Crippen LogP contribution is 2.34. The third-order valence-corrected chi connectivity index (χ3v) is 4.23. The fourth-order valence-corrected chi connectivity index (χ4v) is 3.27. The molecule has 1 atom stereocenters. The second-order valence-corrected chi connectivity index (χ2v) is 5.41. The Morgan fingerprint density at radius 2 is 2.10 bits per heavy atom. The Balaban J connectivity index is 1.72. The molecule has 4 nitrogen and oxygen atoms in total. The predicted octanol–water partition coefficient (Wildman–Crippen LogP) is 3.02. The zero-order chi connectivity index (χ0) is 13.4. The van der Waals surface area contributed by atoms with Gasteiger partial charge >= 0.3 is 0 Å². The maximum Gasteiger partial charge on any atom is 0.180 e. The van der Waals surface area contributed by atoms with Crippen molar-refractivity contribution in [1.29, 1.82) is 0 Å². The first kappa shape index (κ1) is 11.6. The quantitative estimate of drug-likeness (QED) is 0.774. The largest absolute Gasteiger partial charge is 0.342 e. The third kappa shape index (κ3) is 1.88. The predicted molar refractivity (Wildman–Crippen MR) is 77.5 cm³/mol. The maximum atomic E-state index is 4.46. The van der Waals surface area contributed by atoms with Crippen molar-refractivity contribution in [1.82, 2.24) is 19.9 Å². The Morgan fingerprint density at radius 1 is 1.15 bits per heavy atom. The molecule has 0 radical (unpaired) electrons. The summed E-state index contributed by atoms with van der Waals surface area (Å²) < 4.78 is 0. The molecule has 2 heterocycles. The molecule has 2 aromatic heterocycles. The summed E-state index contributed by atoms with van der Waals surface area (Å²) in [5.41, 5.74) is 5.81. The van der Waals surface area contributed by atoms with Crippen molar-refractivity contribution in [3.8, 4) is 0 Å². The second-order valence-electron chi connectivity index (χ2n) is 5.41. The number of hydrogen-bond donors (Lipinski definition) is 1. The molecule has 1 aromatic carbocycles. The summed E-state index contributed by atoms with van der Waals surface area (Å²) in [7, 11) is 0. The van der Waals surface area contributed by atoms with Gasteiger partial charge in [-0.05, 0) is 42.7 Å². The van der Waals surface area contributed by atoms with Crippen LogP contribution in [0, 0.1) is 0 Å². The van der Waals surface area contributed by atoms with Gasteiger partial charge in [0.05, 0.1) is 12.0 Å². The molecule has 1 aliphatic carbocycles. The topological polar surface area (TPSA) is 54.5 Å². The monoisotopic (exact) mass is 264 g/mol. The first-order valence-electron chi connectivity index (χ1n) is 7.12. The molecule has 1 N–H and O–H groups in total. The minimum Gasteiger partial charge on any atom is -0.342 e. The molecule has 20 heavy (non-hydrogen) atoms. The van der Waals surface area contributed by atoms with Crippen LogP contribution in [0.15, 0.2) is 36.9 Å². The van der Waals surface area contributed by atoms with Crippen LogP contribution in [-0.2, 0) is 12.8 Å².